The number of benzene rings is 1. The third-order valence-corrected chi connectivity index (χ3v) is 4.39. The number of nitrogens with zero attached hydrogens (tertiary/aromatic N) is 1. The van der Waals surface area contributed by atoms with Crippen LogP contribution in [0.3, 0.4) is 0 Å². The van der Waals surface area contributed by atoms with Crippen LogP contribution in [0.2, 0.25) is 0 Å². The molecule has 0 aliphatic heterocycles. The van der Waals surface area contributed by atoms with E-state index < -0.39 is 11.9 Å². The van der Waals surface area contributed by atoms with Gasteiger partial charge in [0, 0.05) is 21.6 Å². The quantitative estimate of drug-likeness (QED) is 0.810. The summed E-state index contributed by atoms with van der Waals surface area (Å²) in [5.74, 6) is -0.634. The van der Waals surface area contributed by atoms with Crippen LogP contribution in [0.15, 0.2) is 46.3 Å². The zero-order valence-electron chi connectivity index (χ0n) is 13.7. The van der Waals surface area contributed by atoms with Gasteiger partial charge in [-0.15, -0.1) is 0 Å². The topological polar surface area (TPSA) is 77.5 Å². The summed E-state index contributed by atoms with van der Waals surface area (Å²) in [6.45, 7) is 1.64. The maximum absolute atomic E-state index is 12.2. The monoisotopic (exact) mass is 346 g/mol. The second kappa shape index (κ2) is 8.35. The number of nitrogens with one attached hydrogen (secondary N) is 1. The van der Waals surface area contributed by atoms with Crippen LogP contribution in [0.25, 0.3) is 0 Å². The summed E-state index contributed by atoms with van der Waals surface area (Å²) in [6.07, 6.45) is 1.63. The van der Waals surface area contributed by atoms with Crippen molar-refractivity contribution in [1.82, 2.24) is 10.3 Å². The largest absolute Gasteiger partial charge is 0.494 e. The zero-order valence-corrected chi connectivity index (χ0v) is 14.5. The molecule has 24 heavy (non-hydrogen) atoms. The van der Waals surface area contributed by atoms with E-state index in [1.165, 1.54) is 26.0 Å². The van der Waals surface area contributed by atoms with Crippen molar-refractivity contribution in [2.75, 3.05) is 20.8 Å². The summed E-state index contributed by atoms with van der Waals surface area (Å²) in [6, 6.07) is 9.85. The molecule has 1 N–H and O–H groups in total. The predicted octanol–water partition coefficient (Wildman–Crippen LogP) is 2.45. The average Bonchev–Trinajstić information content (AvgIpc) is 2.61. The minimum absolute atomic E-state index is 0.135. The Hall–Kier alpha value is -2.54. The van der Waals surface area contributed by atoms with Crippen molar-refractivity contribution in [2.24, 2.45) is 0 Å². The summed E-state index contributed by atoms with van der Waals surface area (Å²) in [7, 11) is 2.74. The lowest BCUT2D eigenvalue weighted by Gasteiger charge is -2.13. The summed E-state index contributed by atoms with van der Waals surface area (Å²) >= 11 is 1.54. The van der Waals surface area contributed by atoms with Gasteiger partial charge in [0.1, 0.15) is 6.54 Å². The molecular weight excluding hydrogens is 328 g/mol. The molecule has 2 rings (SSSR count). The number of hydrogen-bond donors (Lipinski definition) is 1. The van der Waals surface area contributed by atoms with E-state index in [1.54, 1.807) is 6.20 Å². The van der Waals surface area contributed by atoms with Gasteiger partial charge in [0.2, 0.25) is 0 Å². The lowest BCUT2D eigenvalue weighted by molar-refractivity contribution is -0.139. The number of hydrogen-bond acceptors (Lipinski definition) is 6. The summed E-state index contributed by atoms with van der Waals surface area (Å²) in [5.41, 5.74) is 0.945. The molecule has 1 aromatic carbocycles. The molecule has 1 heterocycles. The number of pyridine rings is 1. The molecule has 1 amide bonds. The van der Waals surface area contributed by atoms with Crippen molar-refractivity contribution in [2.45, 2.75) is 16.7 Å². The Morgan fingerprint density at radius 3 is 2.54 bits per heavy atom. The highest BCUT2D eigenvalue weighted by Crippen LogP contribution is 2.35. The Bertz CT molecular complexity index is 735. The molecule has 0 saturated heterocycles. The molecule has 0 saturated carbocycles. The van der Waals surface area contributed by atoms with Crippen molar-refractivity contribution in [3.05, 3.63) is 47.8 Å². The van der Waals surface area contributed by atoms with E-state index in [2.05, 4.69) is 15.0 Å². The Kier molecular flexibility index (Phi) is 6.20. The molecular formula is C17H18N2O4S. The number of rotatable bonds is 6. The maximum Gasteiger partial charge on any atom is 0.325 e. The Balaban J connectivity index is 2.24. The molecule has 0 spiro atoms. The fraction of sp³-hybridized carbons (Fsp3) is 0.235. The van der Waals surface area contributed by atoms with E-state index in [1.807, 2.05) is 37.3 Å². The van der Waals surface area contributed by atoms with E-state index in [4.69, 9.17) is 4.74 Å². The number of ether oxygens (including phenoxy) is 2. The second-order valence-corrected chi connectivity index (χ2v) is 5.92. The SMILES string of the molecule is COC(=O)CNC(=O)c1ncc(Sc2ccccc2)c(C)c1OC. The number of amides is 1. The van der Waals surface area contributed by atoms with Gasteiger partial charge >= 0.3 is 5.97 Å². The van der Waals surface area contributed by atoms with Crippen molar-refractivity contribution in [1.29, 1.82) is 0 Å². The first-order valence-corrected chi connectivity index (χ1v) is 8.00. The molecule has 2 aromatic rings. The lowest BCUT2D eigenvalue weighted by atomic mass is 10.2. The fourth-order valence-corrected chi connectivity index (χ4v) is 2.90. The molecule has 1 aromatic heterocycles. The third kappa shape index (κ3) is 4.26. The molecule has 0 bridgehead atoms. The highest BCUT2D eigenvalue weighted by molar-refractivity contribution is 7.99. The van der Waals surface area contributed by atoms with Crippen LogP contribution in [-0.2, 0) is 9.53 Å². The van der Waals surface area contributed by atoms with Crippen LogP contribution in [0.4, 0.5) is 0 Å². The maximum atomic E-state index is 12.2. The third-order valence-electron chi connectivity index (χ3n) is 3.25. The minimum Gasteiger partial charge on any atom is -0.494 e. The molecule has 0 unspecified atom stereocenters. The number of carbonyl (C=O) groups excluding carboxylic acids is 2. The van der Waals surface area contributed by atoms with Crippen molar-refractivity contribution in [3.8, 4) is 5.75 Å². The molecule has 6 nitrogen and oxygen atoms in total. The van der Waals surface area contributed by atoms with Gasteiger partial charge < -0.3 is 14.8 Å². The number of esters is 1. The second-order valence-electron chi connectivity index (χ2n) is 4.80. The van der Waals surface area contributed by atoms with E-state index in [0.717, 1.165) is 15.4 Å². The zero-order chi connectivity index (χ0) is 17.5. The molecule has 0 fully saturated rings. The molecule has 7 heteroatoms. The first-order valence-electron chi connectivity index (χ1n) is 7.18. The molecule has 0 radical (unpaired) electrons. The Morgan fingerprint density at radius 2 is 1.92 bits per heavy atom. The van der Waals surface area contributed by atoms with Crippen LogP contribution >= 0.6 is 11.8 Å². The van der Waals surface area contributed by atoms with Gasteiger partial charge in [-0.1, -0.05) is 30.0 Å². The van der Waals surface area contributed by atoms with E-state index >= 15 is 0 Å². The first kappa shape index (κ1) is 17.8. The van der Waals surface area contributed by atoms with Crippen molar-refractivity contribution in [3.63, 3.8) is 0 Å². The number of aromatic nitrogens is 1. The van der Waals surface area contributed by atoms with Crippen LogP contribution < -0.4 is 10.1 Å². The smallest absolute Gasteiger partial charge is 0.325 e. The van der Waals surface area contributed by atoms with Gasteiger partial charge in [-0.2, -0.15) is 0 Å². The minimum atomic E-state index is -0.532. The molecule has 0 aliphatic rings. The van der Waals surface area contributed by atoms with E-state index in [9.17, 15) is 9.59 Å². The standard InChI is InChI=1S/C17H18N2O4S/c1-11-13(24-12-7-5-4-6-8-12)9-18-15(16(11)23-3)17(21)19-10-14(20)22-2/h4-9H,10H2,1-3H3,(H,19,21). The van der Waals surface area contributed by atoms with E-state index in [-0.39, 0.29) is 12.2 Å². The van der Waals surface area contributed by atoms with Crippen LogP contribution in [0, 0.1) is 6.92 Å². The van der Waals surface area contributed by atoms with Gasteiger partial charge in [0.15, 0.2) is 11.4 Å². The van der Waals surface area contributed by atoms with Gasteiger partial charge in [-0.25, -0.2) is 4.98 Å². The van der Waals surface area contributed by atoms with Crippen LogP contribution in [-0.4, -0.2) is 37.6 Å². The first-order chi connectivity index (χ1) is 11.6. The average molecular weight is 346 g/mol. The lowest BCUT2D eigenvalue weighted by Crippen LogP contribution is -2.31. The highest BCUT2D eigenvalue weighted by atomic mass is 32.2. The summed E-state index contributed by atoms with van der Waals surface area (Å²) in [5, 5.41) is 2.46. The van der Waals surface area contributed by atoms with Gasteiger partial charge in [-0.3, -0.25) is 9.59 Å². The number of methoxy groups -OCH3 is 2. The van der Waals surface area contributed by atoms with Gasteiger partial charge in [0.05, 0.1) is 14.2 Å². The Labute approximate surface area is 144 Å². The fourth-order valence-electron chi connectivity index (χ4n) is 2.01. The van der Waals surface area contributed by atoms with Gasteiger partial charge in [0.25, 0.3) is 5.91 Å². The van der Waals surface area contributed by atoms with E-state index in [0.29, 0.717) is 5.75 Å². The van der Waals surface area contributed by atoms with Gasteiger partial charge in [-0.05, 0) is 19.1 Å². The van der Waals surface area contributed by atoms with Crippen molar-refractivity contribution < 1.29 is 19.1 Å². The Morgan fingerprint density at radius 1 is 1.21 bits per heavy atom. The normalized spacial score (nSPS) is 10.1. The highest BCUT2D eigenvalue weighted by Gasteiger charge is 2.19. The summed E-state index contributed by atoms with van der Waals surface area (Å²) < 4.78 is 9.85. The molecule has 126 valence electrons. The molecule has 0 aliphatic carbocycles. The van der Waals surface area contributed by atoms with Crippen molar-refractivity contribution >= 4 is 23.6 Å². The van der Waals surface area contributed by atoms with Crippen LogP contribution in [0.1, 0.15) is 16.1 Å². The predicted molar refractivity (Wildman–Crippen MR) is 90.4 cm³/mol. The molecule has 0 atom stereocenters. The van der Waals surface area contributed by atoms with Crippen LogP contribution in [0.5, 0.6) is 5.75 Å². The number of carbonyl (C=O) groups is 2. The summed E-state index contributed by atoms with van der Waals surface area (Å²) in [4.78, 5) is 29.5.